The van der Waals surface area contributed by atoms with E-state index in [1.54, 1.807) is 0 Å². The first kappa shape index (κ1) is 14.0. The second-order valence-electron chi connectivity index (χ2n) is 5.64. The minimum Gasteiger partial charge on any atom is -0.379 e. The average Bonchev–Trinajstić information content (AvgIpc) is 2.21. The first-order valence-electron chi connectivity index (χ1n) is 7.00. The SMILES string of the molecule is CC(C)OCCC1(CN)CCCCCCC1. The summed E-state index contributed by atoms with van der Waals surface area (Å²) in [6.07, 6.45) is 11.1. The van der Waals surface area contributed by atoms with Crippen molar-refractivity contribution in [1.29, 1.82) is 0 Å². The van der Waals surface area contributed by atoms with E-state index in [1.807, 2.05) is 0 Å². The highest BCUT2D eigenvalue weighted by molar-refractivity contribution is 4.81. The third-order valence-corrected chi connectivity index (χ3v) is 3.93. The molecule has 0 aliphatic heterocycles. The molecule has 0 aromatic heterocycles. The lowest BCUT2D eigenvalue weighted by atomic mass is 9.74. The van der Waals surface area contributed by atoms with E-state index in [0.29, 0.717) is 11.5 Å². The summed E-state index contributed by atoms with van der Waals surface area (Å²) in [5.74, 6) is 0. The normalized spacial score (nSPS) is 21.8. The standard InChI is InChI=1S/C14H29NO/c1-13(2)16-11-10-14(12-15)8-6-4-3-5-7-9-14/h13H,3-12,15H2,1-2H3. The van der Waals surface area contributed by atoms with Crippen molar-refractivity contribution in [2.75, 3.05) is 13.2 Å². The van der Waals surface area contributed by atoms with E-state index in [1.165, 1.54) is 44.9 Å². The quantitative estimate of drug-likeness (QED) is 0.780. The molecule has 1 fully saturated rings. The number of nitrogens with two attached hydrogens (primary N) is 1. The Hall–Kier alpha value is -0.0800. The third kappa shape index (κ3) is 4.84. The lowest BCUT2D eigenvalue weighted by Crippen LogP contribution is -2.33. The highest BCUT2D eigenvalue weighted by atomic mass is 16.5. The van der Waals surface area contributed by atoms with E-state index in [2.05, 4.69) is 13.8 Å². The zero-order chi connectivity index (χ0) is 11.9. The molecule has 1 aliphatic rings. The molecule has 96 valence electrons. The summed E-state index contributed by atoms with van der Waals surface area (Å²) in [5, 5.41) is 0. The molecule has 0 unspecified atom stereocenters. The lowest BCUT2D eigenvalue weighted by molar-refractivity contribution is 0.0449. The summed E-state index contributed by atoms with van der Waals surface area (Å²) in [6.45, 7) is 5.93. The van der Waals surface area contributed by atoms with Crippen molar-refractivity contribution in [3.63, 3.8) is 0 Å². The van der Waals surface area contributed by atoms with Crippen molar-refractivity contribution in [3.8, 4) is 0 Å². The minimum absolute atomic E-state index is 0.350. The fourth-order valence-corrected chi connectivity index (χ4v) is 2.72. The van der Waals surface area contributed by atoms with Crippen molar-refractivity contribution < 1.29 is 4.74 Å². The predicted molar refractivity (Wildman–Crippen MR) is 69.5 cm³/mol. The van der Waals surface area contributed by atoms with Crippen LogP contribution in [0.4, 0.5) is 0 Å². The molecule has 1 rings (SSSR count). The maximum atomic E-state index is 6.02. The van der Waals surface area contributed by atoms with Crippen LogP contribution in [0.25, 0.3) is 0 Å². The largest absolute Gasteiger partial charge is 0.379 e. The van der Waals surface area contributed by atoms with Gasteiger partial charge in [0.15, 0.2) is 0 Å². The van der Waals surface area contributed by atoms with Gasteiger partial charge in [-0.05, 0) is 45.1 Å². The van der Waals surface area contributed by atoms with Gasteiger partial charge in [-0.1, -0.05) is 32.1 Å². The number of hydrogen-bond acceptors (Lipinski definition) is 2. The molecule has 0 spiro atoms. The summed E-state index contributed by atoms with van der Waals surface area (Å²) in [6, 6.07) is 0. The predicted octanol–water partition coefficient (Wildman–Crippen LogP) is 3.49. The van der Waals surface area contributed by atoms with Crippen molar-refractivity contribution in [2.45, 2.75) is 71.3 Å². The molecule has 0 heterocycles. The molecule has 16 heavy (non-hydrogen) atoms. The molecule has 0 saturated heterocycles. The van der Waals surface area contributed by atoms with Crippen LogP contribution < -0.4 is 5.73 Å². The Labute approximate surface area is 101 Å². The van der Waals surface area contributed by atoms with Gasteiger partial charge in [-0.15, -0.1) is 0 Å². The van der Waals surface area contributed by atoms with Crippen LogP contribution in [0.1, 0.15) is 65.2 Å². The van der Waals surface area contributed by atoms with Gasteiger partial charge in [-0.3, -0.25) is 0 Å². The van der Waals surface area contributed by atoms with E-state index < -0.39 is 0 Å². The summed E-state index contributed by atoms with van der Waals surface area (Å²) < 4.78 is 5.69. The second kappa shape index (κ2) is 7.29. The summed E-state index contributed by atoms with van der Waals surface area (Å²) >= 11 is 0. The van der Waals surface area contributed by atoms with Crippen molar-refractivity contribution in [2.24, 2.45) is 11.1 Å². The molecule has 0 atom stereocenters. The van der Waals surface area contributed by atoms with Crippen LogP contribution >= 0.6 is 0 Å². The van der Waals surface area contributed by atoms with E-state index in [-0.39, 0.29) is 0 Å². The molecular weight excluding hydrogens is 198 g/mol. The van der Waals surface area contributed by atoms with Crippen LogP contribution in [0.15, 0.2) is 0 Å². The summed E-state index contributed by atoms with van der Waals surface area (Å²) in [5.41, 5.74) is 6.40. The lowest BCUT2D eigenvalue weighted by Gasteiger charge is -2.34. The monoisotopic (exact) mass is 227 g/mol. The van der Waals surface area contributed by atoms with Crippen LogP contribution in [0.2, 0.25) is 0 Å². The van der Waals surface area contributed by atoms with Gasteiger partial charge in [-0.2, -0.15) is 0 Å². The number of hydrogen-bond donors (Lipinski definition) is 1. The maximum Gasteiger partial charge on any atom is 0.0518 e. The Morgan fingerprint density at radius 1 is 1.06 bits per heavy atom. The van der Waals surface area contributed by atoms with E-state index in [9.17, 15) is 0 Å². The van der Waals surface area contributed by atoms with Gasteiger partial charge in [0, 0.05) is 6.61 Å². The van der Waals surface area contributed by atoms with Crippen molar-refractivity contribution in [1.82, 2.24) is 0 Å². The van der Waals surface area contributed by atoms with Crippen molar-refractivity contribution in [3.05, 3.63) is 0 Å². The Bertz CT molecular complexity index is 172. The molecule has 0 aromatic carbocycles. The Morgan fingerprint density at radius 2 is 1.62 bits per heavy atom. The van der Waals surface area contributed by atoms with E-state index in [0.717, 1.165) is 19.6 Å². The zero-order valence-corrected chi connectivity index (χ0v) is 11.1. The highest BCUT2D eigenvalue weighted by Gasteiger charge is 2.28. The summed E-state index contributed by atoms with van der Waals surface area (Å²) in [7, 11) is 0. The average molecular weight is 227 g/mol. The smallest absolute Gasteiger partial charge is 0.0518 e. The van der Waals surface area contributed by atoms with Crippen LogP contribution in [0.3, 0.4) is 0 Å². The van der Waals surface area contributed by atoms with Gasteiger partial charge >= 0.3 is 0 Å². The van der Waals surface area contributed by atoms with Gasteiger partial charge < -0.3 is 10.5 Å². The van der Waals surface area contributed by atoms with Gasteiger partial charge in [0.1, 0.15) is 0 Å². The summed E-state index contributed by atoms with van der Waals surface area (Å²) in [4.78, 5) is 0. The number of ether oxygens (including phenoxy) is 1. The molecule has 2 nitrogen and oxygen atoms in total. The first-order valence-corrected chi connectivity index (χ1v) is 7.00. The minimum atomic E-state index is 0.350. The molecule has 0 aromatic rings. The highest BCUT2D eigenvalue weighted by Crippen LogP contribution is 2.36. The Kier molecular flexibility index (Phi) is 6.37. The maximum absolute atomic E-state index is 6.02. The first-order chi connectivity index (χ1) is 7.68. The van der Waals surface area contributed by atoms with Crippen molar-refractivity contribution >= 4 is 0 Å². The molecule has 0 amide bonds. The molecule has 1 aliphatic carbocycles. The molecule has 1 saturated carbocycles. The van der Waals surface area contributed by atoms with Gasteiger partial charge in [0.2, 0.25) is 0 Å². The Morgan fingerprint density at radius 3 is 2.12 bits per heavy atom. The zero-order valence-electron chi connectivity index (χ0n) is 11.1. The topological polar surface area (TPSA) is 35.2 Å². The van der Waals surface area contributed by atoms with Gasteiger partial charge in [0.05, 0.1) is 6.10 Å². The van der Waals surface area contributed by atoms with E-state index in [4.69, 9.17) is 10.5 Å². The van der Waals surface area contributed by atoms with E-state index >= 15 is 0 Å². The molecule has 2 heteroatoms. The van der Waals surface area contributed by atoms with Gasteiger partial charge in [-0.25, -0.2) is 0 Å². The van der Waals surface area contributed by atoms with Crippen LogP contribution in [-0.2, 0) is 4.74 Å². The molecule has 2 N–H and O–H groups in total. The fraction of sp³-hybridized carbons (Fsp3) is 1.00. The molecular formula is C14H29NO. The fourth-order valence-electron chi connectivity index (χ4n) is 2.72. The molecule has 0 radical (unpaired) electrons. The third-order valence-electron chi connectivity index (χ3n) is 3.93. The molecule has 0 bridgehead atoms. The van der Waals surface area contributed by atoms with Gasteiger partial charge in [0.25, 0.3) is 0 Å². The Balaban J connectivity index is 2.39. The van der Waals surface area contributed by atoms with Crippen LogP contribution in [0.5, 0.6) is 0 Å². The van der Waals surface area contributed by atoms with Crippen LogP contribution in [0, 0.1) is 5.41 Å². The number of rotatable bonds is 5. The second-order valence-corrected chi connectivity index (χ2v) is 5.64. The van der Waals surface area contributed by atoms with Crippen LogP contribution in [-0.4, -0.2) is 19.3 Å².